The Balaban J connectivity index is 1.98. The van der Waals surface area contributed by atoms with E-state index in [-0.39, 0.29) is 24.3 Å². The number of ether oxygens (including phenoxy) is 1. The highest BCUT2D eigenvalue weighted by Crippen LogP contribution is 2.36. The quantitative estimate of drug-likeness (QED) is 0.674. The highest BCUT2D eigenvalue weighted by atomic mass is 16.5. The van der Waals surface area contributed by atoms with Crippen LogP contribution in [0.2, 0.25) is 0 Å². The molecule has 0 bridgehead atoms. The van der Waals surface area contributed by atoms with Gasteiger partial charge in [0, 0.05) is 39.0 Å². The Kier molecular flexibility index (Phi) is 5.85. The summed E-state index contributed by atoms with van der Waals surface area (Å²) in [6, 6.07) is 3.42. The summed E-state index contributed by atoms with van der Waals surface area (Å²) in [7, 11) is 1.72. The maximum Gasteiger partial charge on any atom is 0.226 e. The van der Waals surface area contributed by atoms with Gasteiger partial charge >= 0.3 is 0 Å². The molecule has 120 valence electrons. The third kappa shape index (κ3) is 3.80. The zero-order chi connectivity index (χ0) is 15.9. The number of likely N-dealkylation sites (tertiary alicyclic amines) is 1. The fourth-order valence-corrected chi connectivity index (χ4v) is 2.67. The number of pyridine rings is 1. The first-order valence-electron chi connectivity index (χ1n) is 7.36. The van der Waals surface area contributed by atoms with Crippen molar-refractivity contribution in [1.29, 1.82) is 0 Å². The van der Waals surface area contributed by atoms with Gasteiger partial charge in [-0.1, -0.05) is 6.07 Å². The molecule has 2 atom stereocenters. The van der Waals surface area contributed by atoms with Crippen molar-refractivity contribution in [2.75, 3.05) is 33.4 Å². The molecule has 22 heavy (non-hydrogen) atoms. The highest BCUT2D eigenvalue weighted by molar-refractivity contribution is 5.90. The zero-order valence-corrected chi connectivity index (χ0v) is 12.7. The molecule has 0 spiro atoms. The molecule has 0 aromatic carbocycles. The topological polar surface area (TPSA) is 97.5 Å². The Morgan fingerprint density at radius 1 is 1.55 bits per heavy atom. The van der Waals surface area contributed by atoms with Crippen LogP contribution in [0.1, 0.15) is 18.0 Å². The molecule has 3 N–H and O–H groups in total. The van der Waals surface area contributed by atoms with Crippen LogP contribution in [0.15, 0.2) is 24.5 Å². The molecule has 1 aliphatic rings. The van der Waals surface area contributed by atoms with Crippen molar-refractivity contribution in [2.24, 2.45) is 11.7 Å². The first-order valence-corrected chi connectivity index (χ1v) is 7.36. The number of carbonyl (C=O) groups excluding carboxylic acids is 2. The number of nitrogens with zero attached hydrogens (tertiary/aromatic N) is 2. The van der Waals surface area contributed by atoms with Gasteiger partial charge in [0.25, 0.3) is 0 Å². The van der Waals surface area contributed by atoms with Gasteiger partial charge in [-0.3, -0.25) is 14.6 Å². The average Bonchev–Trinajstić information content (AvgIpc) is 2.83. The molecule has 0 aliphatic carbocycles. The van der Waals surface area contributed by atoms with Crippen molar-refractivity contribution in [1.82, 2.24) is 15.2 Å². The van der Waals surface area contributed by atoms with E-state index in [0.717, 1.165) is 5.56 Å². The van der Waals surface area contributed by atoms with Crippen molar-refractivity contribution in [3.63, 3.8) is 0 Å². The van der Waals surface area contributed by atoms with E-state index in [1.807, 2.05) is 12.1 Å². The maximum absolute atomic E-state index is 12.4. The van der Waals surface area contributed by atoms with E-state index in [4.69, 9.17) is 10.5 Å². The smallest absolute Gasteiger partial charge is 0.226 e. The van der Waals surface area contributed by atoms with Crippen LogP contribution >= 0.6 is 0 Å². The Hall–Kier alpha value is -1.99. The molecule has 1 fully saturated rings. The van der Waals surface area contributed by atoms with Gasteiger partial charge in [0.1, 0.15) is 0 Å². The van der Waals surface area contributed by atoms with Gasteiger partial charge in [0.15, 0.2) is 0 Å². The van der Waals surface area contributed by atoms with Crippen LogP contribution in [0, 0.1) is 5.92 Å². The maximum atomic E-state index is 12.4. The SMILES string of the molecule is CN1C(=O)CC(C(=O)NCCOCCN)C1c1cccnc1. The fraction of sp³-hybridized carbons (Fsp3) is 0.533. The lowest BCUT2D eigenvalue weighted by Crippen LogP contribution is -2.36. The lowest BCUT2D eigenvalue weighted by atomic mass is 9.94. The Morgan fingerprint density at radius 2 is 2.36 bits per heavy atom. The van der Waals surface area contributed by atoms with Crippen molar-refractivity contribution in [3.8, 4) is 0 Å². The summed E-state index contributed by atoms with van der Waals surface area (Å²) < 4.78 is 5.22. The second kappa shape index (κ2) is 7.86. The number of hydrogen-bond acceptors (Lipinski definition) is 5. The highest BCUT2D eigenvalue weighted by Gasteiger charge is 2.42. The van der Waals surface area contributed by atoms with Crippen LogP contribution in [0.3, 0.4) is 0 Å². The summed E-state index contributed by atoms with van der Waals surface area (Å²) in [5, 5.41) is 2.82. The molecule has 1 aromatic heterocycles. The van der Waals surface area contributed by atoms with Crippen LogP contribution in [-0.4, -0.2) is 55.0 Å². The Morgan fingerprint density at radius 3 is 3.05 bits per heavy atom. The molecule has 2 amide bonds. The van der Waals surface area contributed by atoms with E-state index in [2.05, 4.69) is 10.3 Å². The number of carbonyl (C=O) groups is 2. The molecule has 2 rings (SSSR count). The third-order valence-corrected chi connectivity index (χ3v) is 3.76. The fourth-order valence-electron chi connectivity index (χ4n) is 2.67. The molecule has 7 nitrogen and oxygen atoms in total. The van der Waals surface area contributed by atoms with E-state index < -0.39 is 5.92 Å². The van der Waals surface area contributed by atoms with Gasteiger partial charge in [-0.25, -0.2) is 0 Å². The van der Waals surface area contributed by atoms with E-state index in [1.165, 1.54) is 0 Å². The van der Waals surface area contributed by atoms with Crippen LogP contribution < -0.4 is 11.1 Å². The summed E-state index contributed by atoms with van der Waals surface area (Å²) in [6.07, 6.45) is 3.58. The van der Waals surface area contributed by atoms with Crippen molar-refractivity contribution >= 4 is 11.8 Å². The van der Waals surface area contributed by atoms with Gasteiger partial charge in [0.2, 0.25) is 11.8 Å². The number of nitrogens with two attached hydrogens (primary N) is 1. The van der Waals surface area contributed by atoms with Gasteiger partial charge in [-0.15, -0.1) is 0 Å². The normalized spacial score (nSPS) is 21.2. The van der Waals surface area contributed by atoms with E-state index in [9.17, 15) is 9.59 Å². The minimum atomic E-state index is -0.406. The van der Waals surface area contributed by atoms with Gasteiger partial charge in [0.05, 0.1) is 25.2 Å². The second-order valence-corrected chi connectivity index (χ2v) is 5.24. The lowest BCUT2D eigenvalue weighted by molar-refractivity contribution is -0.128. The van der Waals surface area contributed by atoms with Gasteiger partial charge in [-0.2, -0.15) is 0 Å². The van der Waals surface area contributed by atoms with Crippen LogP contribution in [0.4, 0.5) is 0 Å². The first-order chi connectivity index (χ1) is 10.6. The first kappa shape index (κ1) is 16.4. The largest absolute Gasteiger partial charge is 0.378 e. The summed E-state index contributed by atoms with van der Waals surface area (Å²) in [4.78, 5) is 30.0. The zero-order valence-electron chi connectivity index (χ0n) is 12.7. The van der Waals surface area contributed by atoms with E-state index in [0.29, 0.717) is 26.3 Å². The van der Waals surface area contributed by atoms with Crippen LogP contribution in [0.25, 0.3) is 0 Å². The molecule has 1 saturated heterocycles. The summed E-state index contributed by atoms with van der Waals surface area (Å²) >= 11 is 0. The molecular formula is C15H22N4O3. The predicted molar refractivity (Wildman–Crippen MR) is 80.7 cm³/mol. The molecule has 1 aliphatic heterocycles. The minimum Gasteiger partial charge on any atom is -0.378 e. The summed E-state index contributed by atoms with van der Waals surface area (Å²) in [6.45, 7) is 1.75. The molecule has 2 unspecified atom stereocenters. The number of rotatable bonds is 7. The molecule has 1 aromatic rings. The van der Waals surface area contributed by atoms with Crippen molar-refractivity contribution in [3.05, 3.63) is 30.1 Å². The van der Waals surface area contributed by atoms with E-state index in [1.54, 1.807) is 24.3 Å². The van der Waals surface area contributed by atoms with Crippen molar-refractivity contribution < 1.29 is 14.3 Å². The van der Waals surface area contributed by atoms with Crippen LogP contribution in [0.5, 0.6) is 0 Å². The molecule has 0 saturated carbocycles. The summed E-state index contributed by atoms with van der Waals surface area (Å²) in [5.74, 6) is -0.576. The third-order valence-electron chi connectivity index (χ3n) is 3.76. The molecule has 7 heteroatoms. The second-order valence-electron chi connectivity index (χ2n) is 5.24. The molecular weight excluding hydrogens is 284 g/mol. The van der Waals surface area contributed by atoms with Crippen LogP contribution in [-0.2, 0) is 14.3 Å². The van der Waals surface area contributed by atoms with E-state index >= 15 is 0 Å². The van der Waals surface area contributed by atoms with Crippen molar-refractivity contribution in [2.45, 2.75) is 12.5 Å². The Bertz CT molecular complexity index is 509. The van der Waals surface area contributed by atoms with Gasteiger partial charge < -0.3 is 20.7 Å². The minimum absolute atomic E-state index is 0.0339. The number of aromatic nitrogens is 1. The number of amides is 2. The average molecular weight is 306 g/mol. The Labute approximate surface area is 129 Å². The molecule has 0 radical (unpaired) electrons. The molecule has 2 heterocycles. The number of nitrogens with one attached hydrogen (secondary N) is 1. The lowest BCUT2D eigenvalue weighted by Gasteiger charge is -2.24. The standard InChI is InChI=1S/C15H22N4O3/c1-19-13(20)9-12(14(19)11-3-2-5-17-10-11)15(21)18-6-8-22-7-4-16/h2-3,5,10,12,14H,4,6-9,16H2,1H3,(H,18,21). The van der Waals surface area contributed by atoms with Gasteiger partial charge in [-0.05, 0) is 11.6 Å². The predicted octanol–water partition coefficient (Wildman–Crippen LogP) is -0.307. The monoisotopic (exact) mass is 306 g/mol. The summed E-state index contributed by atoms with van der Waals surface area (Å²) in [5.41, 5.74) is 6.19. The number of hydrogen-bond donors (Lipinski definition) is 2.